The van der Waals surface area contributed by atoms with Crippen LogP contribution in [0.25, 0.3) is 0 Å². The minimum Gasteiger partial charge on any atom is -0.497 e. The van der Waals surface area contributed by atoms with Gasteiger partial charge in [0.15, 0.2) is 0 Å². The summed E-state index contributed by atoms with van der Waals surface area (Å²) in [6.07, 6.45) is 1.97. The maximum absolute atomic E-state index is 12.6. The summed E-state index contributed by atoms with van der Waals surface area (Å²) in [6, 6.07) is 13.7. The van der Waals surface area contributed by atoms with Gasteiger partial charge < -0.3 is 15.0 Å². The van der Waals surface area contributed by atoms with E-state index in [0.29, 0.717) is 31.7 Å². The highest BCUT2D eigenvalue weighted by molar-refractivity contribution is 7.89. The third kappa shape index (κ3) is 5.27. The number of benzene rings is 2. The second-order valence-corrected chi connectivity index (χ2v) is 8.71. The molecular weight excluding hydrogens is 390 g/mol. The molecule has 0 aromatic heterocycles. The summed E-state index contributed by atoms with van der Waals surface area (Å²) in [6.45, 7) is 3.04. The van der Waals surface area contributed by atoms with E-state index in [1.807, 2.05) is 31.2 Å². The van der Waals surface area contributed by atoms with Gasteiger partial charge in [0.05, 0.1) is 12.0 Å². The van der Waals surface area contributed by atoms with E-state index >= 15 is 0 Å². The Kier molecular flexibility index (Phi) is 6.76. The Morgan fingerprint density at radius 3 is 2.38 bits per heavy atom. The second kappa shape index (κ2) is 9.28. The Morgan fingerprint density at radius 1 is 1.10 bits per heavy atom. The molecule has 156 valence electrons. The quantitative estimate of drug-likeness (QED) is 0.755. The molecule has 1 heterocycles. The number of methoxy groups -OCH3 is 1. The minimum absolute atomic E-state index is 0.151. The van der Waals surface area contributed by atoms with Crippen molar-refractivity contribution >= 4 is 21.7 Å². The number of likely N-dealkylation sites (tertiary alicyclic amines) is 1. The van der Waals surface area contributed by atoms with E-state index in [-0.39, 0.29) is 17.0 Å². The number of hydrogen-bond acceptors (Lipinski definition) is 4. The van der Waals surface area contributed by atoms with Crippen molar-refractivity contribution in [3.63, 3.8) is 0 Å². The molecule has 1 saturated heterocycles. The van der Waals surface area contributed by atoms with Crippen molar-refractivity contribution in [1.82, 2.24) is 9.62 Å². The third-order valence-corrected chi connectivity index (χ3v) is 6.65. The monoisotopic (exact) mass is 417 g/mol. The van der Waals surface area contributed by atoms with Crippen LogP contribution in [0.1, 0.15) is 25.3 Å². The van der Waals surface area contributed by atoms with Crippen LogP contribution in [-0.2, 0) is 16.4 Å². The van der Waals surface area contributed by atoms with Crippen molar-refractivity contribution in [3.8, 4) is 5.75 Å². The molecule has 2 amide bonds. The molecule has 0 radical (unpaired) electrons. The molecule has 7 nitrogen and oxygen atoms in total. The Balaban J connectivity index is 1.55. The van der Waals surface area contributed by atoms with Crippen molar-refractivity contribution in [2.24, 2.45) is 0 Å². The number of piperidine rings is 1. The van der Waals surface area contributed by atoms with Gasteiger partial charge in [0.25, 0.3) is 0 Å². The van der Waals surface area contributed by atoms with Crippen LogP contribution in [0.5, 0.6) is 5.75 Å². The maximum Gasteiger partial charge on any atom is 0.321 e. The van der Waals surface area contributed by atoms with Crippen LogP contribution in [0.15, 0.2) is 53.4 Å². The molecule has 0 aliphatic carbocycles. The standard InChI is InChI=1S/C21H27N3O4S/c1-3-16-6-4-5-7-20(16)22-21(25)24-14-12-17(13-15-24)23-29(26,27)19-10-8-18(28-2)9-11-19/h4-11,17,23H,3,12-15H2,1-2H3,(H,22,25). The lowest BCUT2D eigenvalue weighted by atomic mass is 10.1. The van der Waals surface area contributed by atoms with Crippen LogP contribution in [-0.4, -0.2) is 45.6 Å². The summed E-state index contributed by atoms with van der Waals surface area (Å²) in [5.74, 6) is 0.605. The van der Waals surface area contributed by atoms with E-state index in [1.165, 1.54) is 19.2 Å². The molecule has 0 unspecified atom stereocenters. The van der Waals surface area contributed by atoms with E-state index in [1.54, 1.807) is 17.0 Å². The fourth-order valence-corrected chi connectivity index (χ4v) is 4.69. The molecule has 0 spiro atoms. The zero-order valence-corrected chi connectivity index (χ0v) is 17.5. The number of carbonyl (C=O) groups is 1. The molecule has 3 rings (SSSR count). The molecule has 1 aliphatic heterocycles. The molecule has 8 heteroatoms. The lowest BCUT2D eigenvalue weighted by Gasteiger charge is -2.32. The number of amides is 2. The summed E-state index contributed by atoms with van der Waals surface area (Å²) in [4.78, 5) is 14.5. The zero-order valence-electron chi connectivity index (χ0n) is 16.7. The van der Waals surface area contributed by atoms with Gasteiger partial charge in [0, 0.05) is 24.8 Å². The first-order valence-corrected chi connectivity index (χ1v) is 11.2. The summed E-state index contributed by atoms with van der Waals surface area (Å²) in [5.41, 5.74) is 1.91. The van der Waals surface area contributed by atoms with E-state index in [9.17, 15) is 13.2 Å². The molecular formula is C21H27N3O4S. The van der Waals surface area contributed by atoms with Crippen LogP contribution in [0, 0.1) is 0 Å². The molecule has 1 aliphatic rings. The number of ether oxygens (including phenoxy) is 1. The normalized spacial score (nSPS) is 15.2. The van der Waals surface area contributed by atoms with Crippen molar-refractivity contribution in [3.05, 3.63) is 54.1 Å². The Morgan fingerprint density at radius 2 is 1.76 bits per heavy atom. The summed E-state index contributed by atoms with van der Waals surface area (Å²) < 4.78 is 33.0. The van der Waals surface area contributed by atoms with Gasteiger partial charge >= 0.3 is 6.03 Å². The molecule has 29 heavy (non-hydrogen) atoms. The topological polar surface area (TPSA) is 87.7 Å². The smallest absolute Gasteiger partial charge is 0.321 e. The molecule has 2 aromatic carbocycles. The number of carbonyl (C=O) groups excluding carboxylic acids is 1. The summed E-state index contributed by atoms with van der Waals surface area (Å²) in [7, 11) is -2.07. The molecule has 2 aromatic rings. The number of sulfonamides is 1. The predicted molar refractivity (Wildman–Crippen MR) is 113 cm³/mol. The molecule has 1 fully saturated rings. The van der Waals surface area contributed by atoms with Crippen molar-refractivity contribution in [1.29, 1.82) is 0 Å². The SMILES string of the molecule is CCc1ccccc1NC(=O)N1CCC(NS(=O)(=O)c2ccc(OC)cc2)CC1. The van der Waals surface area contributed by atoms with Gasteiger partial charge in [-0.1, -0.05) is 25.1 Å². The number of urea groups is 1. The Labute approximate surface area is 172 Å². The highest BCUT2D eigenvalue weighted by Gasteiger charge is 2.27. The fraction of sp³-hybridized carbons (Fsp3) is 0.381. The fourth-order valence-electron chi connectivity index (χ4n) is 3.39. The highest BCUT2D eigenvalue weighted by Crippen LogP contribution is 2.20. The first-order chi connectivity index (χ1) is 13.9. The van der Waals surface area contributed by atoms with Crippen LogP contribution in [0.2, 0.25) is 0 Å². The van der Waals surface area contributed by atoms with E-state index in [0.717, 1.165) is 17.7 Å². The van der Waals surface area contributed by atoms with Crippen molar-refractivity contribution in [2.75, 3.05) is 25.5 Å². The average Bonchev–Trinajstić information content (AvgIpc) is 2.74. The lowest BCUT2D eigenvalue weighted by molar-refractivity contribution is 0.193. The first-order valence-electron chi connectivity index (χ1n) is 9.73. The minimum atomic E-state index is -3.60. The van der Waals surface area contributed by atoms with Gasteiger partial charge in [-0.15, -0.1) is 0 Å². The van der Waals surface area contributed by atoms with Crippen LogP contribution in [0.4, 0.5) is 10.5 Å². The van der Waals surface area contributed by atoms with E-state index in [2.05, 4.69) is 10.0 Å². The van der Waals surface area contributed by atoms with Gasteiger partial charge in [0.2, 0.25) is 10.0 Å². The van der Waals surface area contributed by atoms with Crippen molar-refractivity contribution in [2.45, 2.75) is 37.1 Å². The number of rotatable bonds is 6. The van der Waals surface area contributed by atoms with Crippen LogP contribution < -0.4 is 14.8 Å². The number of nitrogens with zero attached hydrogens (tertiary/aromatic N) is 1. The lowest BCUT2D eigenvalue weighted by Crippen LogP contribution is -2.47. The molecule has 2 N–H and O–H groups in total. The van der Waals surface area contributed by atoms with Crippen molar-refractivity contribution < 1.29 is 17.9 Å². The number of hydrogen-bond donors (Lipinski definition) is 2. The van der Waals surface area contributed by atoms with Crippen LogP contribution >= 0.6 is 0 Å². The van der Waals surface area contributed by atoms with Gasteiger partial charge in [0.1, 0.15) is 5.75 Å². The third-order valence-electron chi connectivity index (χ3n) is 5.11. The van der Waals surface area contributed by atoms with E-state index in [4.69, 9.17) is 4.74 Å². The number of anilines is 1. The first kappa shape index (κ1) is 21.1. The molecule has 0 atom stereocenters. The molecule has 0 saturated carbocycles. The number of aryl methyl sites for hydroxylation is 1. The number of para-hydroxylation sites is 1. The second-order valence-electron chi connectivity index (χ2n) is 7.00. The van der Waals surface area contributed by atoms with Gasteiger partial charge in [-0.3, -0.25) is 0 Å². The van der Waals surface area contributed by atoms with Gasteiger partial charge in [-0.25, -0.2) is 17.9 Å². The zero-order chi connectivity index (χ0) is 20.9. The largest absolute Gasteiger partial charge is 0.497 e. The Bertz CT molecular complexity index is 937. The highest BCUT2D eigenvalue weighted by atomic mass is 32.2. The molecule has 0 bridgehead atoms. The summed E-state index contributed by atoms with van der Waals surface area (Å²) in [5, 5.41) is 2.97. The van der Waals surface area contributed by atoms with Gasteiger partial charge in [-0.2, -0.15) is 0 Å². The average molecular weight is 418 g/mol. The summed E-state index contributed by atoms with van der Waals surface area (Å²) >= 11 is 0. The predicted octanol–water partition coefficient (Wildman–Crippen LogP) is 3.23. The van der Waals surface area contributed by atoms with Gasteiger partial charge in [-0.05, 0) is 55.2 Å². The maximum atomic E-state index is 12.6. The van der Waals surface area contributed by atoms with E-state index < -0.39 is 10.0 Å². The van der Waals surface area contributed by atoms with Crippen LogP contribution in [0.3, 0.4) is 0 Å². The number of nitrogens with one attached hydrogen (secondary N) is 2. The Hall–Kier alpha value is -2.58.